The number of hydrogen-bond acceptors (Lipinski definition) is 13. The second-order valence-corrected chi connectivity index (χ2v) is 37.1. The molecule has 6 aromatic carbocycles. The number of nitrogens with one attached hydrogen (secondary N) is 1. The molecule has 4 heterocycles. The Labute approximate surface area is 588 Å². The Balaban J connectivity index is 0.000000153. The van der Waals surface area contributed by atoms with Gasteiger partial charge in [0.1, 0.15) is 56.1 Å². The van der Waals surface area contributed by atoms with E-state index in [1.807, 2.05) is 19.1 Å². The SMILES string of the molecule is C[C@H]1CC[C@H](c2ccccc2)S(=O)(=O)N1Cc1cc(F)c(C2(C(=O)O)CC(C)(O)C2)cc1F.C[C@H]1CC[C@H](c2ccccc2)S(=O)(=O)N1Cc1cc(F)c(C2(N)CC(C)(O)C2)cc1F.C[C@H]1CC[C@H](c2ccccc2)S(=O)(=O)N1Cc1cc(F)c(C2(NCC3(C)COC3)CC(C)(O)C2)cc1F. The lowest BCUT2D eigenvalue weighted by Gasteiger charge is -2.54. The molecular formula is C75H91F6N5O12S3. The zero-order chi connectivity index (χ0) is 73.4. The molecule has 0 unspecified atom stereocenters. The lowest BCUT2D eigenvalue weighted by Crippen LogP contribution is -2.63. The van der Waals surface area contributed by atoms with E-state index < -0.39 is 126 Å². The van der Waals surface area contributed by atoms with Crippen molar-refractivity contribution in [3.63, 3.8) is 0 Å². The molecule has 6 atom stereocenters. The summed E-state index contributed by atoms with van der Waals surface area (Å²) in [6.45, 7) is 13.0. The van der Waals surface area contributed by atoms with Crippen LogP contribution in [0.1, 0.15) is 191 Å². The van der Waals surface area contributed by atoms with E-state index in [-0.39, 0.29) is 109 Å². The van der Waals surface area contributed by atoms with E-state index >= 15 is 17.6 Å². The van der Waals surface area contributed by atoms with Gasteiger partial charge in [0.05, 0.1) is 35.6 Å². The van der Waals surface area contributed by atoms with Crippen LogP contribution in [0.25, 0.3) is 0 Å². The van der Waals surface area contributed by atoms with Crippen molar-refractivity contribution in [3.05, 3.63) is 212 Å². The summed E-state index contributed by atoms with van der Waals surface area (Å²) in [4.78, 5) is 11.9. The first-order chi connectivity index (χ1) is 47.1. The van der Waals surface area contributed by atoms with Crippen LogP contribution in [0.3, 0.4) is 0 Å². The van der Waals surface area contributed by atoms with Crippen molar-refractivity contribution in [1.82, 2.24) is 18.2 Å². The lowest BCUT2D eigenvalue weighted by atomic mass is 9.56. The monoisotopic (exact) mass is 1460 g/mol. The number of sulfonamides is 3. The molecule has 26 heteroatoms. The Morgan fingerprint density at radius 2 is 0.792 bits per heavy atom. The molecule has 0 radical (unpaired) electrons. The Morgan fingerprint density at radius 3 is 1.11 bits per heavy atom. The van der Waals surface area contributed by atoms with Gasteiger partial charge >= 0.3 is 5.97 Å². The molecule has 17 nitrogen and oxygen atoms in total. The van der Waals surface area contributed by atoms with Gasteiger partial charge in [-0.25, -0.2) is 51.6 Å². The van der Waals surface area contributed by atoms with Crippen LogP contribution in [0.15, 0.2) is 127 Å². The van der Waals surface area contributed by atoms with Crippen LogP contribution >= 0.6 is 0 Å². The Morgan fingerprint density at radius 1 is 0.475 bits per heavy atom. The van der Waals surface area contributed by atoms with Crippen molar-refractivity contribution in [1.29, 1.82) is 0 Å². The molecule has 0 aromatic heterocycles. The van der Waals surface area contributed by atoms with Gasteiger partial charge in [-0.2, -0.15) is 12.9 Å². The normalized spacial score (nSPS) is 32.6. The predicted octanol–water partition coefficient (Wildman–Crippen LogP) is 12.0. The summed E-state index contributed by atoms with van der Waals surface area (Å²) < 4.78 is 181. The summed E-state index contributed by atoms with van der Waals surface area (Å²) in [5, 5.41) is 41.4. The quantitative estimate of drug-likeness (QED) is 0.0493. The fourth-order valence-corrected chi connectivity index (χ4v) is 23.2. The third-order valence-corrected chi connectivity index (χ3v) is 28.9. The Hall–Kier alpha value is -6.14. The van der Waals surface area contributed by atoms with E-state index in [1.54, 1.807) is 107 Å². The third kappa shape index (κ3) is 15.3. The van der Waals surface area contributed by atoms with E-state index in [4.69, 9.17) is 10.5 Å². The fraction of sp³-hybridized carbons (Fsp3) is 0.507. The lowest BCUT2D eigenvalue weighted by molar-refractivity contribution is -0.162. The molecule has 7 N–H and O–H groups in total. The summed E-state index contributed by atoms with van der Waals surface area (Å²) in [5.41, 5.74) is 0.821. The van der Waals surface area contributed by atoms with Crippen molar-refractivity contribution in [2.75, 3.05) is 19.8 Å². The van der Waals surface area contributed by atoms with Gasteiger partial charge in [-0.05, 0) is 172 Å². The summed E-state index contributed by atoms with van der Waals surface area (Å²) in [5.74, 6) is -5.76. The molecule has 548 valence electrons. The third-order valence-electron chi connectivity index (χ3n) is 21.8. The molecule has 7 aliphatic rings. The summed E-state index contributed by atoms with van der Waals surface area (Å²) in [6, 6.07) is 31.9. The zero-order valence-corrected chi connectivity index (χ0v) is 60.2. The van der Waals surface area contributed by atoms with Crippen molar-refractivity contribution in [2.24, 2.45) is 11.1 Å². The number of carboxylic acid groups (broad SMARTS) is 1. The van der Waals surface area contributed by atoms with Crippen LogP contribution in [0.5, 0.6) is 0 Å². The van der Waals surface area contributed by atoms with Crippen molar-refractivity contribution in [2.45, 2.75) is 212 Å². The van der Waals surface area contributed by atoms with Gasteiger partial charge in [-0.3, -0.25) is 4.79 Å². The molecular weight excluding hydrogens is 1370 g/mol. The number of rotatable bonds is 16. The van der Waals surface area contributed by atoms with Crippen molar-refractivity contribution < 1.29 is 81.6 Å². The molecule has 6 aromatic rings. The standard InChI is InChI=1S/C28H36F2N2O4S.C24H27F2NO5S.C23H28F2N2O3S/c1-19-9-10-25(20-7-5-4-6-8-20)37(34,35)32(19)13-21-11-24(30)22(12-23(21)29)28(14-27(3,33)15-28)31-16-26(2)17-36-18-26;1-15-8-9-21(16-6-4-3-5-7-16)33(31,32)27(15)12-17-10-20(26)18(11-19(17)25)24(22(28)29)13-23(2,30)14-24;1-15-8-9-21(16-6-4-3-5-7-16)31(29,30)27(15)12-17-10-20(25)18(11-19(17)24)23(26)13-22(2,28)14-23/h4-8,11-12,19,25,31,33H,9-10,13-18H2,1-3H3;3-7,10-11,15,21,30H,8-9,12-14H2,1-2H3,(H,28,29);3-7,10-11,15,21,28H,8-9,12-14,26H2,1-2H3/t19-,25+,27?,28?;15-,21+,23?,24?;15-,21+,22?,23?/m000/s1. The number of nitrogens with zero attached hydrogens (tertiary/aromatic N) is 3. The zero-order valence-electron chi connectivity index (χ0n) is 57.8. The number of halogens is 6. The van der Waals surface area contributed by atoms with E-state index in [0.29, 0.717) is 75.0 Å². The first-order valence-electron chi connectivity index (χ1n) is 34.3. The number of carboxylic acids is 1. The maximum atomic E-state index is 15.6. The number of ether oxygens (including phenoxy) is 1. The summed E-state index contributed by atoms with van der Waals surface area (Å²) >= 11 is 0. The van der Waals surface area contributed by atoms with Crippen LogP contribution in [-0.4, -0.2) is 119 Å². The molecule has 101 heavy (non-hydrogen) atoms. The highest BCUT2D eigenvalue weighted by atomic mass is 32.2. The van der Waals surface area contributed by atoms with Crippen molar-refractivity contribution >= 4 is 36.0 Å². The molecule has 0 bridgehead atoms. The Kier molecular flexibility index (Phi) is 21.1. The van der Waals surface area contributed by atoms with Crippen LogP contribution in [0, 0.1) is 40.3 Å². The average molecular weight is 1460 g/mol. The first kappa shape index (κ1) is 76.0. The second-order valence-electron chi connectivity index (χ2n) is 30.9. The highest BCUT2D eigenvalue weighted by molar-refractivity contribution is 7.90. The molecule has 7 fully saturated rings. The highest BCUT2D eigenvalue weighted by Crippen LogP contribution is 2.54. The molecule has 0 amide bonds. The van der Waals surface area contributed by atoms with Crippen molar-refractivity contribution in [3.8, 4) is 0 Å². The molecule has 0 spiro atoms. The molecule has 3 saturated carbocycles. The maximum Gasteiger partial charge on any atom is 0.314 e. The fourth-order valence-electron chi connectivity index (χ4n) is 16.6. The highest BCUT2D eigenvalue weighted by Gasteiger charge is 2.59. The van der Waals surface area contributed by atoms with Gasteiger partial charge in [0, 0.05) is 88.6 Å². The van der Waals surface area contributed by atoms with Crippen LogP contribution in [0.2, 0.25) is 0 Å². The average Bonchev–Trinajstić information content (AvgIpc) is 0.660. The number of carbonyl (C=O) groups is 1. The minimum Gasteiger partial charge on any atom is -0.481 e. The number of hydrogen-bond donors (Lipinski definition) is 6. The Bertz CT molecular complexity index is 4400. The first-order valence-corrected chi connectivity index (χ1v) is 38.8. The van der Waals surface area contributed by atoms with E-state index in [1.165, 1.54) is 25.9 Å². The topological polar surface area (TPSA) is 257 Å². The summed E-state index contributed by atoms with van der Waals surface area (Å²) in [7, 11) is -11.4. The predicted molar refractivity (Wildman–Crippen MR) is 369 cm³/mol. The molecule has 4 saturated heterocycles. The number of aliphatic hydroxyl groups is 3. The minimum atomic E-state index is -3.84. The van der Waals surface area contributed by atoms with Gasteiger partial charge in [0.15, 0.2) is 0 Å². The molecule has 13 rings (SSSR count). The maximum absolute atomic E-state index is 15.6. The minimum absolute atomic E-state index is 0.00553. The number of aliphatic carboxylic acids is 1. The number of nitrogens with two attached hydrogens (primary N) is 1. The van der Waals surface area contributed by atoms with E-state index in [0.717, 1.165) is 30.3 Å². The number of benzene rings is 6. The molecule has 4 aliphatic heterocycles. The van der Waals surface area contributed by atoms with Crippen LogP contribution in [0.4, 0.5) is 26.3 Å². The smallest absolute Gasteiger partial charge is 0.314 e. The van der Waals surface area contributed by atoms with Crippen LogP contribution in [-0.2, 0) is 75.7 Å². The van der Waals surface area contributed by atoms with Gasteiger partial charge in [0.2, 0.25) is 30.1 Å². The van der Waals surface area contributed by atoms with Crippen LogP contribution < -0.4 is 11.1 Å². The van der Waals surface area contributed by atoms with Gasteiger partial charge in [-0.1, -0.05) is 97.9 Å². The summed E-state index contributed by atoms with van der Waals surface area (Å²) in [6.07, 6.45) is 3.52. The largest absolute Gasteiger partial charge is 0.481 e. The van der Waals surface area contributed by atoms with E-state index in [2.05, 4.69) is 12.2 Å². The molecule has 3 aliphatic carbocycles. The van der Waals surface area contributed by atoms with E-state index in [9.17, 15) is 59.3 Å². The van der Waals surface area contributed by atoms with Gasteiger partial charge in [-0.15, -0.1) is 0 Å². The van der Waals surface area contributed by atoms with Gasteiger partial charge in [0.25, 0.3) is 0 Å². The van der Waals surface area contributed by atoms with Gasteiger partial charge < -0.3 is 36.2 Å². The second kappa shape index (κ2) is 28.1.